The number of hydrogen-bond donors (Lipinski definition) is 2. The molecule has 1 aliphatic rings. The van der Waals surface area contributed by atoms with Gasteiger partial charge in [0.25, 0.3) is 0 Å². The molecule has 1 aromatic rings. The van der Waals surface area contributed by atoms with Crippen molar-refractivity contribution in [3.8, 4) is 0 Å². The Morgan fingerprint density at radius 1 is 1.38 bits per heavy atom. The van der Waals surface area contributed by atoms with Gasteiger partial charge in [-0.1, -0.05) is 22.4 Å². The van der Waals surface area contributed by atoms with Gasteiger partial charge in [-0.15, -0.1) is 0 Å². The molecule has 2 rings (SSSR count). The van der Waals surface area contributed by atoms with Gasteiger partial charge in [0, 0.05) is 16.7 Å². The molecule has 0 radical (unpaired) electrons. The highest BCUT2D eigenvalue weighted by molar-refractivity contribution is 9.10. The van der Waals surface area contributed by atoms with Gasteiger partial charge in [0.2, 0.25) is 0 Å². The molecule has 0 bridgehead atoms. The molecule has 0 saturated heterocycles. The van der Waals surface area contributed by atoms with Gasteiger partial charge < -0.3 is 10.4 Å². The quantitative estimate of drug-likeness (QED) is 0.805. The highest BCUT2D eigenvalue weighted by atomic mass is 79.9. The number of benzene rings is 1. The van der Waals surface area contributed by atoms with Crippen LogP contribution in [0, 0.1) is 5.41 Å². The smallest absolute Gasteiger partial charge is 0.418 e. The Balaban J connectivity index is 2.15. The largest absolute Gasteiger partial charge is 0.481 e. The summed E-state index contributed by atoms with van der Waals surface area (Å²) in [5.41, 5.74) is -1.19. The normalized spacial score (nSPS) is 17.1. The van der Waals surface area contributed by atoms with Gasteiger partial charge in [0.1, 0.15) is 0 Å². The van der Waals surface area contributed by atoms with Crippen molar-refractivity contribution in [3.63, 3.8) is 0 Å². The number of carbonyl (C=O) groups is 1. The van der Waals surface area contributed by atoms with Crippen molar-refractivity contribution in [2.24, 2.45) is 5.41 Å². The lowest BCUT2D eigenvalue weighted by molar-refractivity contribution is -0.141. The predicted molar refractivity (Wildman–Crippen MR) is 76.2 cm³/mol. The summed E-state index contributed by atoms with van der Waals surface area (Å²) in [4.78, 5) is 10.9. The molecular formula is C14H15BrF3NO2. The summed E-state index contributed by atoms with van der Waals surface area (Å²) < 4.78 is 39.3. The maximum absolute atomic E-state index is 13.0. The van der Waals surface area contributed by atoms with E-state index >= 15 is 0 Å². The Hall–Kier alpha value is -1.24. The number of hydrogen-bond acceptors (Lipinski definition) is 2. The maximum Gasteiger partial charge on any atom is 0.418 e. The van der Waals surface area contributed by atoms with Gasteiger partial charge in [-0.05, 0) is 36.5 Å². The minimum atomic E-state index is -4.45. The second-order valence-corrected chi connectivity index (χ2v) is 6.38. The number of anilines is 1. The number of aliphatic carboxylic acids is 1. The van der Waals surface area contributed by atoms with Crippen molar-refractivity contribution >= 4 is 27.6 Å². The lowest BCUT2D eigenvalue weighted by atomic mass is 9.66. The Labute approximate surface area is 128 Å². The third kappa shape index (κ3) is 3.90. The molecule has 1 fully saturated rings. The molecule has 1 saturated carbocycles. The number of alkyl halides is 3. The monoisotopic (exact) mass is 365 g/mol. The van der Waals surface area contributed by atoms with E-state index in [-0.39, 0.29) is 18.7 Å². The SMILES string of the molecule is O=C(O)CC1(CNc2ccc(Br)cc2C(F)(F)F)CCC1. The van der Waals surface area contributed by atoms with Crippen LogP contribution < -0.4 is 5.32 Å². The van der Waals surface area contributed by atoms with Crippen molar-refractivity contribution < 1.29 is 23.1 Å². The summed E-state index contributed by atoms with van der Waals surface area (Å²) in [7, 11) is 0. The molecule has 1 aliphatic carbocycles. The number of nitrogens with one attached hydrogen (secondary N) is 1. The fourth-order valence-electron chi connectivity index (χ4n) is 2.60. The molecule has 7 heteroatoms. The van der Waals surface area contributed by atoms with Crippen molar-refractivity contribution in [3.05, 3.63) is 28.2 Å². The molecule has 21 heavy (non-hydrogen) atoms. The summed E-state index contributed by atoms with van der Waals surface area (Å²) in [6.07, 6.45) is -2.10. The number of rotatable bonds is 5. The van der Waals surface area contributed by atoms with E-state index in [1.165, 1.54) is 12.1 Å². The average Bonchev–Trinajstić information content (AvgIpc) is 2.32. The zero-order valence-electron chi connectivity index (χ0n) is 11.1. The lowest BCUT2D eigenvalue weighted by Crippen LogP contribution is -2.38. The van der Waals surface area contributed by atoms with Crippen LogP contribution in [0.5, 0.6) is 0 Å². The summed E-state index contributed by atoms with van der Waals surface area (Å²) >= 11 is 3.03. The standard InChI is InChI=1S/C14H15BrF3NO2/c15-9-2-3-11(10(6-9)14(16,17)18)19-8-13(4-1-5-13)7-12(20)21/h2-3,6,19H,1,4-5,7-8H2,(H,20,21). The van der Waals surface area contributed by atoms with Crippen LogP contribution in [0.25, 0.3) is 0 Å². The highest BCUT2D eigenvalue weighted by Crippen LogP contribution is 2.45. The van der Waals surface area contributed by atoms with E-state index in [0.29, 0.717) is 4.47 Å². The first-order valence-electron chi connectivity index (χ1n) is 6.54. The molecule has 0 amide bonds. The first kappa shape index (κ1) is 16.1. The van der Waals surface area contributed by atoms with Gasteiger partial charge in [0.15, 0.2) is 0 Å². The summed E-state index contributed by atoms with van der Waals surface area (Å²) in [5.74, 6) is -0.914. The van der Waals surface area contributed by atoms with Crippen molar-refractivity contribution in [1.82, 2.24) is 0 Å². The van der Waals surface area contributed by atoms with Crippen LogP contribution in [0.2, 0.25) is 0 Å². The van der Waals surface area contributed by atoms with E-state index in [1.54, 1.807) is 0 Å². The molecule has 2 N–H and O–H groups in total. The maximum atomic E-state index is 13.0. The Kier molecular flexibility index (Phi) is 4.51. The Morgan fingerprint density at radius 3 is 2.52 bits per heavy atom. The minimum absolute atomic E-state index is 0.0117. The van der Waals surface area contributed by atoms with Gasteiger partial charge in [-0.2, -0.15) is 13.2 Å². The second kappa shape index (κ2) is 5.87. The molecule has 0 heterocycles. The van der Waals surface area contributed by atoms with Crippen LogP contribution >= 0.6 is 15.9 Å². The number of carboxylic acids is 1. The molecular weight excluding hydrogens is 351 g/mol. The van der Waals surface area contributed by atoms with E-state index in [4.69, 9.17) is 5.11 Å². The van der Waals surface area contributed by atoms with Crippen LogP contribution in [-0.4, -0.2) is 17.6 Å². The Morgan fingerprint density at radius 2 is 2.05 bits per heavy atom. The molecule has 0 aliphatic heterocycles. The van der Waals surface area contributed by atoms with E-state index < -0.39 is 23.1 Å². The lowest BCUT2D eigenvalue weighted by Gasteiger charge is -2.41. The number of halogens is 4. The predicted octanol–water partition coefficient (Wildman–Crippen LogP) is 4.52. The van der Waals surface area contributed by atoms with Crippen LogP contribution in [-0.2, 0) is 11.0 Å². The van der Waals surface area contributed by atoms with Crippen LogP contribution in [0.3, 0.4) is 0 Å². The van der Waals surface area contributed by atoms with E-state index in [0.717, 1.165) is 25.3 Å². The fraction of sp³-hybridized carbons (Fsp3) is 0.500. The molecule has 3 nitrogen and oxygen atoms in total. The van der Waals surface area contributed by atoms with Gasteiger partial charge >= 0.3 is 12.1 Å². The van der Waals surface area contributed by atoms with E-state index in [2.05, 4.69) is 21.2 Å². The van der Waals surface area contributed by atoms with Crippen LogP contribution in [0.1, 0.15) is 31.2 Å². The third-order valence-electron chi connectivity index (χ3n) is 3.88. The topological polar surface area (TPSA) is 49.3 Å². The average molecular weight is 366 g/mol. The molecule has 0 atom stereocenters. The Bertz CT molecular complexity index is 542. The van der Waals surface area contributed by atoms with Gasteiger partial charge in [-0.25, -0.2) is 0 Å². The molecule has 0 aromatic heterocycles. The molecule has 116 valence electrons. The third-order valence-corrected chi connectivity index (χ3v) is 4.37. The fourth-order valence-corrected chi connectivity index (χ4v) is 2.96. The first-order valence-corrected chi connectivity index (χ1v) is 7.34. The van der Waals surface area contributed by atoms with E-state index in [1.807, 2.05) is 0 Å². The van der Waals surface area contributed by atoms with Crippen LogP contribution in [0.15, 0.2) is 22.7 Å². The molecule has 1 aromatic carbocycles. The zero-order valence-corrected chi connectivity index (χ0v) is 12.7. The summed E-state index contributed by atoms with van der Waals surface area (Å²) in [5, 5.41) is 11.7. The zero-order chi connectivity index (χ0) is 15.7. The molecule has 0 unspecified atom stereocenters. The first-order chi connectivity index (χ1) is 9.72. The van der Waals surface area contributed by atoms with Crippen molar-refractivity contribution in [2.75, 3.05) is 11.9 Å². The summed E-state index contributed by atoms with van der Waals surface area (Å²) in [6.45, 7) is 0.240. The minimum Gasteiger partial charge on any atom is -0.481 e. The number of carboxylic acid groups (broad SMARTS) is 1. The van der Waals surface area contributed by atoms with Crippen molar-refractivity contribution in [1.29, 1.82) is 0 Å². The molecule has 0 spiro atoms. The van der Waals surface area contributed by atoms with Gasteiger partial charge in [-0.3, -0.25) is 4.79 Å². The van der Waals surface area contributed by atoms with E-state index in [9.17, 15) is 18.0 Å². The summed E-state index contributed by atoms with van der Waals surface area (Å²) in [6, 6.07) is 3.91. The van der Waals surface area contributed by atoms with Crippen LogP contribution in [0.4, 0.5) is 18.9 Å². The van der Waals surface area contributed by atoms with Gasteiger partial charge in [0.05, 0.1) is 12.0 Å². The second-order valence-electron chi connectivity index (χ2n) is 5.47. The highest BCUT2D eigenvalue weighted by Gasteiger charge is 2.40. The van der Waals surface area contributed by atoms with Crippen molar-refractivity contribution in [2.45, 2.75) is 31.9 Å².